The molecular formula is C13H17N3O2. The topological polar surface area (TPSA) is 73.3 Å². The lowest BCUT2D eigenvalue weighted by molar-refractivity contribution is 0.415. The molecule has 0 saturated heterocycles. The molecule has 5 heteroatoms. The lowest BCUT2D eigenvalue weighted by Gasteiger charge is -2.14. The van der Waals surface area contributed by atoms with Gasteiger partial charge in [-0.15, -0.1) is 0 Å². The normalized spacial score (nSPS) is 12.2. The van der Waals surface area contributed by atoms with Crippen molar-refractivity contribution < 1.29 is 9.15 Å². The molecule has 1 aromatic heterocycles. The lowest BCUT2D eigenvalue weighted by Crippen LogP contribution is -2.08. The van der Waals surface area contributed by atoms with Crippen LogP contribution in [-0.2, 0) is 0 Å². The quantitative estimate of drug-likeness (QED) is 0.813. The van der Waals surface area contributed by atoms with Crippen LogP contribution in [0.3, 0.4) is 0 Å². The third-order valence-corrected chi connectivity index (χ3v) is 2.64. The number of aryl methyl sites for hydroxylation is 1. The van der Waals surface area contributed by atoms with Gasteiger partial charge < -0.3 is 20.2 Å². The predicted molar refractivity (Wildman–Crippen MR) is 70.7 cm³/mol. The van der Waals surface area contributed by atoms with Gasteiger partial charge in [0, 0.05) is 6.07 Å². The van der Waals surface area contributed by atoms with Gasteiger partial charge in [-0.05, 0) is 26.0 Å². The summed E-state index contributed by atoms with van der Waals surface area (Å²) in [6.07, 6.45) is 1.70. The summed E-state index contributed by atoms with van der Waals surface area (Å²) >= 11 is 0. The molecule has 0 aliphatic heterocycles. The summed E-state index contributed by atoms with van der Waals surface area (Å²) in [5.41, 5.74) is 7.40. The number of aromatic nitrogens is 1. The minimum Gasteiger partial charge on any atom is -0.497 e. The highest BCUT2D eigenvalue weighted by Crippen LogP contribution is 2.27. The maximum absolute atomic E-state index is 5.94. The van der Waals surface area contributed by atoms with E-state index in [0.717, 1.165) is 17.2 Å². The fourth-order valence-electron chi connectivity index (χ4n) is 1.67. The van der Waals surface area contributed by atoms with Gasteiger partial charge >= 0.3 is 0 Å². The van der Waals surface area contributed by atoms with Crippen molar-refractivity contribution in [2.24, 2.45) is 0 Å². The van der Waals surface area contributed by atoms with E-state index >= 15 is 0 Å². The molecule has 0 amide bonds. The number of ether oxygens (including phenoxy) is 1. The number of nitrogens with two attached hydrogens (primary N) is 1. The Labute approximate surface area is 106 Å². The second-order valence-corrected chi connectivity index (χ2v) is 4.13. The summed E-state index contributed by atoms with van der Waals surface area (Å²) in [6, 6.07) is 5.46. The molecule has 18 heavy (non-hydrogen) atoms. The van der Waals surface area contributed by atoms with E-state index in [0.29, 0.717) is 11.6 Å². The summed E-state index contributed by atoms with van der Waals surface area (Å²) in [4.78, 5) is 4.18. The van der Waals surface area contributed by atoms with Crippen LogP contribution in [0.15, 0.2) is 28.8 Å². The van der Waals surface area contributed by atoms with Gasteiger partial charge in [0.25, 0.3) is 0 Å². The van der Waals surface area contributed by atoms with Gasteiger partial charge in [-0.2, -0.15) is 0 Å². The highest BCUT2D eigenvalue weighted by Gasteiger charge is 2.12. The zero-order valence-corrected chi connectivity index (χ0v) is 10.7. The Morgan fingerprint density at radius 2 is 2.22 bits per heavy atom. The number of rotatable bonds is 4. The summed E-state index contributed by atoms with van der Waals surface area (Å²) in [7, 11) is 1.61. The van der Waals surface area contributed by atoms with Gasteiger partial charge in [-0.3, -0.25) is 0 Å². The molecule has 1 heterocycles. The number of hydrogen-bond donors (Lipinski definition) is 2. The lowest BCUT2D eigenvalue weighted by atomic mass is 10.2. The van der Waals surface area contributed by atoms with Crippen LogP contribution < -0.4 is 15.8 Å². The van der Waals surface area contributed by atoms with Crippen LogP contribution in [-0.4, -0.2) is 12.1 Å². The smallest absolute Gasteiger partial charge is 0.216 e. The standard InChI is InChI=1S/C13H17N3O2/c1-8-7-15-13(18-8)9(2)16-12-5-4-10(17-3)6-11(12)14/h4-7,9,16H,14H2,1-3H3. The van der Waals surface area contributed by atoms with Crippen molar-refractivity contribution in [2.45, 2.75) is 19.9 Å². The minimum absolute atomic E-state index is 0.0469. The van der Waals surface area contributed by atoms with Crippen molar-refractivity contribution in [3.8, 4) is 5.75 Å². The molecule has 0 aliphatic carbocycles. The molecule has 5 nitrogen and oxygen atoms in total. The van der Waals surface area contributed by atoms with E-state index in [2.05, 4.69) is 10.3 Å². The van der Waals surface area contributed by atoms with E-state index in [-0.39, 0.29) is 6.04 Å². The zero-order valence-electron chi connectivity index (χ0n) is 10.7. The summed E-state index contributed by atoms with van der Waals surface area (Å²) in [6.45, 7) is 3.83. The zero-order chi connectivity index (χ0) is 13.1. The SMILES string of the molecule is COc1ccc(NC(C)c2ncc(C)o2)c(N)c1. The molecule has 3 N–H and O–H groups in total. The van der Waals surface area contributed by atoms with Gasteiger partial charge in [0.1, 0.15) is 17.6 Å². The molecule has 0 saturated carbocycles. The van der Waals surface area contributed by atoms with Crippen LogP contribution in [0.2, 0.25) is 0 Å². The van der Waals surface area contributed by atoms with Crippen LogP contribution in [0, 0.1) is 6.92 Å². The van der Waals surface area contributed by atoms with Gasteiger partial charge in [0.15, 0.2) is 0 Å². The molecule has 0 fully saturated rings. The molecule has 2 rings (SSSR count). The number of benzene rings is 1. The Kier molecular flexibility index (Phi) is 3.41. The molecule has 0 aliphatic rings. The summed E-state index contributed by atoms with van der Waals surface area (Å²) in [5, 5.41) is 3.25. The number of oxazole rings is 1. The molecule has 1 atom stereocenters. The van der Waals surface area contributed by atoms with E-state index in [9.17, 15) is 0 Å². The van der Waals surface area contributed by atoms with Crippen LogP contribution in [0.25, 0.3) is 0 Å². The predicted octanol–water partition coefficient (Wildman–Crippen LogP) is 2.75. The Morgan fingerprint density at radius 1 is 1.44 bits per heavy atom. The van der Waals surface area contributed by atoms with E-state index in [4.69, 9.17) is 14.9 Å². The molecular weight excluding hydrogens is 230 g/mol. The Morgan fingerprint density at radius 3 is 2.78 bits per heavy atom. The third-order valence-electron chi connectivity index (χ3n) is 2.64. The number of nitrogen functional groups attached to an aromatic ring is 1. The van der Waals surface area contributed by atoms with Crippen molar-refractivity contribution in [1.29, 1.82) is 0 Å². The van der Waals surface area contributed by atoms with Gasteiger partial charge in [0.05, 0.1) is 24.7 Å². The van der Waals surface area contributed by atoms with E-state index in [1.54, 1.807) is 19.4 Å². The second kappa shape index (κ2) is 5.00. The van der Waals surface area contributed by atoms with Crippen molar-refractivity contribution in [3.63, 3.8) is 0 Å². The van der Waals surface area contributed by atoms with Crippen molar-refractivity contribution in [1.82, 2.24) is 4.98 Å². The fourth-order valence-corrected chi connectivity index (χ4v) is 1.67. The highest BCUT2D eigenvalue weighted by atomic mass is 16.5. The van der Waals surface area contributed by atoms with E-state index < -0.39 is 0 Å². The molecule has 0 bridgehead atoms. The first-order valence-corrected chi connectivity index (χ1v) is 5.72. The number of anilines is 2. The first kappa shape index (κ1) is 12.3. The van der Waals surface area contributed by atoms with Crippen molar-refractivity contribution in [2.75, 3.05) is 18.2 Å². The minimum atomic E-state index is -0.0469. The Hall–Kier alpha value is -2.17. The Balaban J connectivity index is 2.14. The summed E-state index contributed by atoms with van der Waals surface area (Å²) in [5.74, 6) is 2.17. The first-order chi connectivity index (χ1) is 8.60. The van der Waals surface area contributed by atoms with Crippen LogP contribution >= 0.6 is 0 Å². The molecule has 2 aromatic rings. The van der Waals surface area contributed by atoms with Crippen LogP contribution in [0.4, 0.5) is 11.4 Å². The average molecular weight is 247 g/mol. The maximum atomic E-state index is 5.94. The second-order valence-electron chi connectivity index (χ2n) is 4.13. The number of nitrogens with one attached hydrogen (secondary N) is 1. The third kappa shape index (κ3) is 2.56. The molecule has 96 valence electrons. The number of methoxy groups -OCH3 is 1. The molecule has 1 aromatic carbocycles. The maximum Gasteiger partial charge on any atom is 0.216 e. The van der Waals surface area contributed by atoms with Gasteiger partial charge in [0.2, 0.25) is 5.89 Å². The molecule has 0 radical (unpaired) electrons. The first-order valence-electron chi connectivity index (χ1n) is 5.72. The molecule has 1 unspecified atom stereocenters. The highest BCUT2D eigenvalue weighted by molar-refractivity contribution is 5.68. The van der Waals surface area contributed by atoms with Crippen molar-refractivity contribution in [3.05, 3.63) is 36.0 Å². The van der Waals surface area contributed by atoms with Crippen LogP contribution in [0.5, 0.6) is 5.75 Å². The average Bonchev–Trinajstić information content (AvgIpc) is 2.78. The monoisotopic (exact) mass is 247 g/mol. The largest absolute Gasteiger partial charge is 0.497 e. The molecule has 0 spiro atoms. The van der Waals surface area contributed by atoms with Crippen molar-refractivity contribution >= 4 is 11.4 Å². The number of hydrogen-bond acceptors (Lipinski definition) is 5. The van der Waals surface area contributed by atoms with E-state index in [1.165, 1.54) is 0 Å². The van der Waals surface area contributed by atoms with Gasteiger partial charge in [-0.25, -0.2) is 4.98 Å². The summed E-state index contributed by atoms with van der Waals surface area (Å²) < 4.78 is 10.6. The Bertz CT molecular complexity index is 537. The number of nitrogens with zero attached hydrogens (tertiary/aromatic N) is 1. The van der Waals surface area contributed by atoms with Crippen LogP contribution in [0.1, 0.15) is 24.6 Å². The van der Waals surface area contributed by atoms with E-state index in [1.807, 2.05) is 26.0 Å². The van der Waals surface area contributed by atoms with Gasteiger partial charge in [-0.1, -0.05) is 0 Å². The fraction of sp³-hybridized carbons (Fsp3) is 0.308.